The van der Waals surface area contributed by atoms with Crippen molar-refractivity contribution in [2.75, 3.05) is 0 Å². The van der Waals surface area contributed by atoms with Gasteiger partial charge in [-0.1, -0.05) is 0 Å². The zero-order valence-corrected chi connectivity index (χ0v) is 8.19. The van der Waals surface area contributed by atoms with E-state index in [4.69, 9.17) is 0 Å². The molecule has 8 nitrogen and oxygen atoms in total. The molecule has 0 aliphatic heterocycles. The van der Waals surface area contributed by atoms with Crippen molar-refractivity contribution in [3.05, 3.63) is 0 Å². The Morgan fingerprint density at radius 3 is 0.364 bits per heavy atom. The van der Waals surface area contributed by atoms with Gasteiger partial charge in [-0.2, -0.15) is 0 Å². The molecule has 0 aromatic heterocycles. The summed E-state index contributed by atoms with van der Waals surface area (Å²) in [6.07, 6.45) is 0. The first kappa shape index (κ1) is 815. The largest absolute Gasteiger partial charge is 4.00 e. The predicted octanol–water partition coefficient (Wildman–Crippen LogP) is -1.42. The second-order valence-electron chi connectivity index (χ2n) is 0. The topological polar surface area (TPSA) is 240 Å². The predicted molar refractivity (Wildman–Crippen MR) is 15.5 cm³/mol. The standard InChI is InChI=1S/Cu.Ni.8H2O.Ti/h;;8*1H2;/q2*+2;;;;;;;;;+4/p-8. The Labute approximate surface area is 98.9 Å². The van der Waals surface area contributed by atoms with Gasteiger partial charge in [0, 0.05) is 0 Å². The molecule has 0 aromatic rings. The number of rotatable bonds is 0. The first-order valence-corrected chi connectivity index (χ1v) is 0. The SMILES string of the molecule is [Cu+2].[Ni+2].[OH-].[OH-].[OH-].[OH-].[OH-].[OH-].[OH-].[OH-].[Ti+4]. The van der Waals surface area contributed by atoms with E-state index in [9.17, 15) is 0 Å². The van der Waals surface area contributed by atoms with Gasteiger partial charge in [-0.3, -0.25) is 0 Å². The fourth-order valence-electron chi connectivity index (χ4n) is 0. The van der Waals surface area contributed by atoms with Crippen LogP contribution in [0.5, 0.6) is 0 Å². The van der Waals surface area contributed by atoms with Crippen LogP contribution in [0.15, 0.2) is 0 Å². The van der Waals surface area contributed by atoms with E-state index in [1.165, 1.54) is 0 Å². The first-order valence-electron chi connectivity index (χ1n) is 0. The van der Waals surface area contributed by atoms with Crippen molar-refractivity contribution in [3.8, 4) is 0 Å². The van der Waals surface area contributed by atoms with E-state index in [1.54, 1.807) is 0 Å². The number of hydrogen-bond acceptors (Lipinski definition) is 8. The molecule has 0 aliphatic carbocycles. The molecule has 0 rings (SSSR count). The molecule has 0 aromatic carbocycles. The summed E-state index contributed by atoms with van der Waals surface area (Å²) in [5, 5.41) is 0. The van der Waals surface area contributed by atoms with E-state index < -0.39 is 0 Å². The molecule has 0 unspecified atom stereocenters. The summed E-state index contributed by atoms with van der Waals surface area (Å²) in [5.74, 6) is 0. The maximum Gasteiger partial charge on any atom is 4.00 e. The third-order valence-electron chi connectivity index (χ3n) is 0. The van der Waals surface area contributed by atoms with Gasteiger partial charge in [0.2, 0.25) is 0 Å². The summed E-state index contributed by atoms with van der Waals surface area (Å²) < 4.78 is 0. The van der Waals surface area contributed by atoms with Crippen molar-refractivity contribution < 1.29 is 99.1 Å². The van der Waals surface area contributed by atoms with Crippen molar-refractivity contribution in [1.29, 1.82) is 0 Å². The minimum absolute atomic E-state index is 0. The number of hydrogen-bond donors (Lipinski definition) is 0. The molecule has 0 spiro atoms. The molecule has 0 heterocycles. The summed E-state index contributed by atoms with van der Waals surface area (Å²) in [5.41, 5.74) is 0. The first-order chi connectivity index (χ1) is 0. The summed E-state index contributed by atoms with van der Waals surface area (Å²) in [4.78, 5) is 0. The Morgan fingerprint density at radius 1 is 0.364 bits per heavy atom. The van der Waals surface area contributed by atoms with Gasteiger partial charge in [-0.05, 0) is 0 Å². The van der Waals surface area contributed by atoms with Crippen molar-refractivity contribution in [2.45, 2.75) is 0 Å². The second-order valence-corrected chi connectivity index (χ2v) is 0. The molecule has 11 heavy (non-hydrogen) atoms. The van der Waals surface area contributed by atoms with Crippen LogP contribution in [0.1, 0.15) is 0 Å². The molecule has 0 fully saturated rings. The van der Waals surface area contributed by atoms with Gasteiger partial charge in [0.05, 0.1) is 0 Å². The molecule has 0 bridgehead atoms. The van der Waals surface area contributed by atoms with Crippen molar-refractivity contribution in [3.63, 3.8) is 0 Å². The zero-order chi connectivity index (χ0) is 0. The van der Waals surface area contributed by atoms with Gasteiger partial charge in [-0.15, -0.1) is 0 Å². The zero-order valence-electron chi connectivity index (χ0n) is 4.70. The van der Waals surface area contributed by atoms with Crippen LogP contribution < -0.4 is 0 Å². The van der Waals surface area contributed by atoms with E-state index in [1.807, 2.05) is 0 Å². The fraction of sp³-hybridized carbons (Fsp3) is 0. The molecule has 0 aliphatic rings. The third-order valence-corrected chi connectivity index (χ3v) is 0. The Balaban J connectivity index is 0. The normalized spacial score (nSPS) is 0. The Bertz CT molecular complexity index is 14.1. The van der Waals surface area contributed by atoms with E-state index in [2.05, 4.69) is 0 Å². The Morgan fingerprint density at radius 2 is 0.364 bits per heavy atom. The van der Waals surface area contributed by atoms with E-state index in [-0.39, 0.29) is 99.1 Å². The quantitative estimate of drug-likeness (QED) is 0.479. The van der Waals surface area contributed by atoms with Crippen LogP contribution in [0.4, 0.5) is 0 Å². The second kappa shape index (κ2) is 624. The molecule has 11 heteroatoms. The average Bonchev–Trinajstić information content (AvgIpc) is 0. The van der Waals surface area contributed by atoms with E-state index >= 15 is 0 Å². The molecule has 81 valence electrons. The van der Waals surface area contributed by atoms with Gasteiger partial charge in [0.15, 0.2) is 0 Å². The molecule has 0 saturated heterocycles. The summed E-state index contributed by atoms with van der Waals surface area (Å²) in [6, 6.07) is 0. The van der Waals surface area contributed by atoms with Gasteiger partial charge in [0.1, 0.15) is 0 Å². The van der Waals surface area contributed by atoms with E-state index in [0.29, 0.717) is 0 Å². The summed E-state index contributed by atoms with van der Waals surface area (Å²) >= 11 is 0. The molecular weight excluding hydrogens is 298 g/mol. The smallest absolute Gasteiger partial charge is 0.870 e. The van der Waals surface area contributed by atoms with Crippen LogP contribution in [0, 0.1) is 0 Å². The molecular formula is H8CuNiO8Ti. The van der Waals surface area contributed by atoms with Crippen molar-refractivity contribution >= 4 is 0 Å². The fourth-order valence-corrected chi connectivity index (χ4v) is 0. The Hall–Kier alpha value is 1.41. The molecule has 0 saturated carbocycles. The molecule has 0 atom stereocenters. The van der Waals surface area contributed by atoms with Crippen LogP contribution in [-0.2, 0) is 55.3 Å². The Kier molecular flexibility index (Phi) is 46200. The summed E-state index contributed by atoms with van der Waals surface area (Å²) in [6.45, 7) is 0. The van der Waals surface area contributed by atoms with Crippen LogP contribution >= 0.6 is 0 Å². The van der Waals surface area contributed by atoms with Gasteiger partial charge >= 0.3 is 55.3 Å². The van der Waals surface area contributed by atoms with Crippen LogP contribution in [-0.4, -0.2) is 43.8 Å². The van der Waals surface area contributed by atoms with Crippen LogP contribution in [0.3, 0.4) is 0 Å². The molecule has 0 amide bonds. The third kappa shape index (κ3) is 510. The van der Waals surface area contributed by atoms with E-state index in [0.717, 1.165) is 0 Å². The maximum atomic E-state index is 0. The van der Waals surface area contributed by atoms with Crippen LogP contribution in [0.2, 0.25) is 0 Å². The van der Waals surface area contributed by atoms with Crippen molar-refractivity contribution in [2.24, 2.45) is 0 Å². The van der Waals surface area contributed by atoms with Crippen LogP contribution in [0.25, 0.3) is 0 Å². The summed E-state index contributed by atoms with van der Waals surface area (Å²) in [7, 11) is 0. The van der Waals surface area contributed by atoms with Gasteiger partial charge in [-0.25, -0.2) is 0 Å². The minimum Gasteiger partial charge on any atom is -0.870 e. The maximum absolute atomic E-state index is 0. The monoisotopic (exact) mass is 305 g/mol. The molecule has 1 radical (unpaired) electrons. The average molecular weight is 306 g/mol. The van der Waals surface area contributed by atoms with Gasteiger partial charge in [0.25, 0.3) is 0 Å². The van der Waals surface area contributed by atoms with Crippen molar-refractivity contribution in [1.82, 2.24) is 0 Å². The van der Waals surface area contributed by atoms with Gasteiger partial charge < -0.3 is 43.8 Å². The minimum atomic E-state index is 0. The molecule has 8 N–H and O–H groups in total.